The Morgan fingerprint density at radius 3 is 2.80 bits per heavy atom. The summed E-state index contributed by atoms with van der Waals surface area (Å²) in [5.74, 6) is 1.67. The van der Waals surface area contributed by atoms with Crippen molar-refractivity contribution in [1.82, 2.24) is 30.4 Å². The Kier molecular flexibility index (Phi) is 3.77. The second-order valence-electron chi connectivity index (χ2n) is 6.57. The summed E-state index contributed by atoms with van der Waals surface area (Å²) in [7, 11) is 1.83. The fraction of sp³-hybridized carbons (Fsp3) is 0.929. The Balaban J connectivity index is 1.74. The van der Waals surface area contributed by atoms with E-state index in [9.17, 15) is 0 Å². The minimum Gasteiger partial charge on any atom is -0.311 e. The number of hydrogen-bond donors (Lipinski definition) is 1. The zero-order valence-corrected chi connectivity index (χ0v) is 12.8. The molecule has 2 atom stereocenters. The predicted molar refractivity (Wildman–Crippen MR) is 77.0 cm³/mol. The summed E-state index contributed by atoms with van der Waals surface area (Å²) < 4.78 is 0. The van der Waals surface area contributed by atoms with Gasteiger partial charge < -0.3 is 5.32 Å². The van der Waals surface area contributed by atoms with Gasteiger partial charge in [0.15, 0.2) is 5.82 Å². The summed E-state index contributed by atoms with van der Waals surface area (Å²) >= 11 is 0. The number of rotatable bonds is 5. The fourth-order valence-corrected chi connectivity index (χ4v) is 3.45. The maximum absolute atomic E-state index is 4.35. The van der Waals surface area contributed by atoms with Gasteiger partial charge in [-0.25, -0.2) is 0 Å². The highest BCUT2D eigenvalue weighted by Gasteiger charge is 2.48. The Hall–Kier alpha value is -1.01. The lowest BCUT2D eigenvalue weighted by atomic mass is 9.88. The lowest BCUT2D eigenvalue weighted by molar-refractivity contribution is 0.0239. The van der Waals surface area contributed by atoms with Crippen LogP contribution in [-0.4, -0.2) is 49.8 Å². The topological polar surface area (TPSA) is 58.9 Å². The minimum absolute atomic E-state index is 0.253. The fourth-order valence-electron chi connectivity index (χ4n) is 3.45. The highest BCUT2D eigenvalue weighted by Crippen LogP contribution is 2.44. The van der Waals surface area contributed by atoms with Crippen molar-refractivity contribution in [3.05, 3.63) is 5.82 Å². The van der Waals surface area contributed by atoms with Gasteiger partial charge in [-0.05, 0) is 37.3 Å². The van der Waals surface area contributed by atoms with Gasteiger partial charge in [0.2, 0.25) is 0 Å². The number of aromatic nitrogens is 4. The second-order valence-corrected chi connectivity index (χ2v) is 6.57. The molecule has 0 aromatic carbocycles. The van der Waals surface area contributed by atoms with E-state index in [1.54, 1.807) is 4.80 Å². The highest BCUT2D eigenvalue weighted by molar-refractivity contribution is 5.05. The molecule has 20 heavy (non-hydrogen) atoms. The van der Waals surface area contributed by atoms with Crippen LogP contribution >= 0.6 is 0 Å². The van der Waals surface area contributed by atoms with Crippen molar-refractivity contribution in [2.24, 2.45) is 13.0 Å². The third kappa shape index (κ3) is 2.72. The van der Waals surface area contributed by atoms with Crippen LogP contribution in [-0.2, 0) is 13.6 Å². The smallest absolute Gasteiger partial charge is 0.188 e. The Bertz CT molecular complexity index is 454. The quantitative estimate of drug-likeness (QED) is 0.869. The van der Waals surface area contributed by atoms with Crippen LogP contribution in [0.15, 0.2) is 0 Å². The molecule has 0 spiro atoms. The van der Waals surface area contributed by atoms with Gasteiger partial charge in [-0.3, -0.25) is 4.90 Å². The number of aryl methyl sites for hydroxylation is 1. The zero-order valence-electron chi connectivity index (χ0n) is 12.8. The van der Waals surface area contributed by atoms with Crippen LogP contribution in [0.1, 0.15) is 45.4 Å². The van der Waals surface area contributed by atoms with Gasteiger partial charge in [0.25, 0.3) is 0 Å². The van der Waals surface area contributed by atoms with Crippen molar-refractivity contribution >= 4 is 0 Å². The summed E-state index contributed by atoms with van der Waals surface area (Å²) in [6, 6.07) is 0.600. The largest absolute Gasteiger partial charge is 0.311 e. The van der Waals surface area contributed by atoms with E-state index in [1.165, 1.54) is 25.7 Å². The van der Waals surface area contributed by atoms with E-state index < -0.39 is 0 Å². The van der Waals surface area contributed by atoms with E-state index in [0.29, 0.717) is 6.04 Å². The van der Waals surface area contributed by atoms with E-state index in [1.807, 2.05) is 7.05 Å². The van der Waals surface area contributed by atoms with Crippen molar-refractivity contribution in [3.63, 3.8) is 0 Å². The van der Waals surface area contributed by atoms with Gasteiger partial charge in [0, 0.05) is 24.7 Å². The lowest BCUT2D eigenvalue weighted by Crippen LogP contribution is -2.64. The van der Waals surface area contributed by atoms with Crippen LogP contribution in [0.3, 0.4) is 0 Å². The molecule has 0 bridgehead atoms. The molecule has 1 saturated carbocycles. The molecule has 0 amide bonds. The Labute approximate surface area is 120 Å². The predicted octanol–water partition coefficient (Wildman–Crippen LogP) is 0.953. The summed E-state index contributed by atoms with van der Waals surface area (Å²) in [4.78, 5) is 4.15. The van der Waals surface area contributed by atoms with Crippen LogP contribution in [0.2, 0.25) is 0 Å². The van der Waals surface area contributed by atoms with Crippen molar-refractivity contribution in [3.8, 4) is 0 Å². The average molecular weight is 278 g/mol. The van der Waals surface area contributed by atoms with E-state index in [-0.39, 0.29) is 5.54 Å². The van der Waals surface area contributed by atoms with Gasteiger partial charge >= 0.3 is 0 Å². The molecule has 6 nitrogen and oxygen atoms in total. The molecule has 1 N–H and O–H groups in total. The first-order valence-electron chi connectivity index (χ1n) is 7.83. The Morgan fingerprint density at radius 2 is 2.20 bits per heavy atom. The molecule has 1 aromatic heterocycles. The molecule has 2 heterocycles. The van der Waals surface area contributed by atoms with Crippen molar-refractivity contribution < 1.29 is 0 Å². The summed E-state index contributed by atoms with van der Waals surface area (Å²) in [5.41, 5.74) is 0.253. The molecule has 6 heteroatoms. The molecule has 2 aliphatic rings. The van der Waals surface area contributed by atoms with Crippen LogP contribution < -0.4 is 5.32 Å². The van der Waals surface area contributed by atoms with Crippen molar-refractivity contribution in [2.45, 2.75) is 57.7 Å². The van der Waals surface area contributed by atoms with Gasteiger partial charge in [-0.15, -0.1) is 10.2 Å². The van der Waals surface area contributed by atoms with Gasteiger partial charge in [0.05, 0.1) is 13.6 Å². The molecule has 1 aliphatic heterocycles. The molecule has 0 radical (unpaired) electrons. The molecular weight excluding hydrogens is 252 g/mol. The van der Waals surface area contributed by atoms with Crippen molar-refractivity contribution in [1.29, 1.82) is 0 Å². The van der Waals surface area contributed by atoms with E-state index >= 15 is 0 Å². The molecule has 2 fully saturated rings. The summed E-state index contributed by atoms with van der Waals surface area (Å²) in [6.07, 6.45) is 5.20. The molecular formula is C14H26N6. The van der Waals surface area contributed by atoms with Gasteiger partial charge in [-0.1, -0.05) is 13.3 Å². The average Bonchev–Trinajstić information content (AvgIpc) is 3.19. The third-order valence-corrected chi connectivity index (χ3v) is 4.89. The normalized spacial score (nSPS) is 31.6. The number of hydrogen-bond acceptors (Lipinski definition) is 5. The Morgan fingerprint density at radius 1 is 1.40 bits per heavy atom. The molecule has 1 aromatic rings. The summed E-state index contributed by atoms with van der Waals surface area (Å²) in [6.45, 7) is 7.66. The standard InChI is InChI=1S/C14H26N6/c1-4-5-12-8-20(9-13-16-18-19(3)17-13)14(2,10-15-12)11-6-7-11/h11-12,15H,4-10H2,1-3H3. The first-order chi connectivity index (χ1) is 9.61. The second kappa shape index (κ2) is 5.41. The number of nitrogens with one attached hydrogen (secondary N) is 1. The maximum Gasteiger partial charge on any atom is 0.188 e. The zero-order chi connectivity index (χ0) is 14.2. The highest BCUT2D eigenvalue weighted by atomic mass is 15.6. The third-order valence-electron chi connectivity index (χ3n) is 4.89. The van der Waals surface area contributed by atoms with Crippen molar-refractivity contribution in [2.75, 3.05) is 13.1 Å². The van der Waals surface area contributed by atoms with Crippen LogP contribution in [0.4, 0.5) is 0 Å². The van der Waals surface area contributed by atoms with Crippen LogP contribution in [0.25, 0.3) is 0 Å². The maximum atomic E-state index is 4.35. The molecule has 3 rings (SSSR count). The SMILES string of the molecule is CCCC1CN(Cc2nnn(C)n2)C(C)(C2CC2)CN1. The molecule has 1 saturated heterocycles. The number of nitrogens with zero attached hydrogens (tertiary/aromatic N) is 5. The van der Waals surface area contributed by atoms with Crippen LogP contribution in [0.5, 0.6) is 0 Å². The van der Waals surface area contributed by atoms with E-state index in [2.05, 4.69) is 39.5 Å². The lowest BCUT2D eigenvalue weighted by Gasteiger charge is -2.48. The molecule has 1 aliphatic carbocycles. The number of piperazine rings is 1. The summed E-state index contributed by atoms with van der Waals surface area (Å²) in [5, 5.41) is 16.2. The van der Waals surface area contributed by atoms with Crippen LogP contribution in [0, 0.1) is 5.92 Å². The molecule has 112 valence electrons. The first kappa shape index (κ1) is 13.9. The minimum atomic E-state index is 0.253. The monoisotopic (exact) mass is 278 g/mol. The first-order valence-corrected chi connectivity index (χ1v) is 7.83. The van der Waals surface area contributed by atoms with Gasteiger partial charge in [-0.2, -0.15) is 4.80 Å². The van der Waals surface area contributed by atoms with E-state index in [4.69, 9.17) is 0 Å². The number of tetrazole rings is 1. The van der Waals surface area contributed by atoms with Gasteiger partial charge in [0.1, 0.15) is 0 Å². The molecule has 2 unspecified atom stereocenters. The van der Waals surface area contributed by atoms with E-state index in [0.717, 1.165) is 31.4 Å².